The Morgan fingerprint density at radius 3 is 2.19 bits per heavy atom. The molecule has 3 rings (SSSR count). The first kappa shape index (κ1) is 23.4. The van der Waals surface area contributed by atoms with Crippen LogP contribution in [0.3, 0.4) is 0 Å². The van der Waals surface area contributed by atoms with Crippen molar-refractivity contribution in [1.29, 1.82) is 0 Å². The second kappa shape index (κ2) is 10.8. The summed E-state index contributed by atoms with van der Waals surface area (Å²) in [6, 6.07) is 18.7. The van der Waals surface area contributed by atoms with Gasteiger partial charge in [0.1, 0.15) is 5.70 Å². The molecular weight excluding hydrogens is 496 g/mol. The Kier molecular flexibility index (Phi) is 7.92. The van der Waals surface area contributed by atoms with E-state index in [1.165, 1.54) is 14.2 Å². The van der Waals surface area contributed by atoms with Crippen molar-refractivity contribution in [3.8, 4) is 11.5 Å². The standard InChI is InChI=1S/C24H20BrClN2O4/c1-31-21-12-3-15(14-22(21)32-2)13-20(24(30)27-19-10-6-17(25)7-11-19)28-23(29)16-4-8-18(26)9-5-16/h3-14H,1-2H3,(H,27,30)(H,28,29)/b20-13+. The van der Waals surface area contributed by atoms with E-state index < -0.39 is 11.8 Å². The van der Waals surface area contributed by atoms with Crippen LogP contribution < -0.4 is 20.1 Å². The van der Waals surface area contributed by atoms with E-state index in [1.54, 1.807) is 72.8 Å². The minimum absolute atomic E-state index is 0.0556. The maximum atomic E-state index is 13.0. The van der Waals surface area contributed by atoms with Gasteiger partial charge in [-0.25, -0.2) is 0 Å². The summed E-state index contributed by atoms with van der Waals surface area (Å²) in [4.78, 5) is 25.8. The summed E-state index contributed by atoms with van der Waals surface area (Å²) in [5.74, 6) is 0.123. The largest absolute Gasteiger partial charge is 0.493 e. The molecule has 8 heteroatoms. The fourth-order valence-corrected chi connectivity index (χ4v) is 3.19. The van der Waals surface area contributed by atoms with Gasteiger partial charge < -0.3 is 20.1 Å². The topological polar surface area (TPSA) is 76.7 Å². The molecule has 0 radical (unpaired) electrons. The van der Waals surface area contributed by atoms with E-state index in [0.717, 1.165) is 4.47 Å². The predicted molar refractivity (Wildman–Crippen MR) is 129 cm³/mol. The molecular formula is C24H20BrClN2O4. The van der Waals surface area contributed by atoms with Crippen LogP contribution in [0, 0.1) is 0 Å². The van der Waals surface area contributed by atoms with Gasteiger partial charge in [-0.15, -0.1) is 0 Å². The minimum Gasteiger partial charge on any atom is -0.493 e. The van der Waals surface area contributed by atoms with Gasteiger partial charge in [-0.2, -0.15) is 0 Å². The number of benzene rings is 3. The lowest BCUT2D eigenvalue weighted by atomic mass is 10.1. The maximum Gasteiger partial charge on any atom is 0.272 e. The number of nitrogens with one attached hydrogen (secondary N) is 2. The van der Waals surface area contributed by atoms with Crippen LogP contribution in [-0.4, -0.2) is 26.0 Å². The molecule has 2 amide bonds. The van der Waals surface area contributed by atoms with E-state index in [2.05, 4.69) is 26.6 Å². The molecule has 0 aliphatic heterocycles. The van der Waals surface area contributed by atoms with Gasteiger partial charge >= 0.3 is 0 Å². The molecule has 164 valence electrons. The third-order valence-corrected chi connectivity index (χ3v) is 5.20. The summed E-state index contributed by atoms with van der Waals surface area (Å²) in [5.41, 5.74) is 1.64. The average Bonchev–Trinajstić information content (AvgIpc) is 2.80. The van der Waals surface area contributed by atoms with Gasteiger partial charge in [-0.05, 0) is 72.3 Å². The zero-order valence-corrected chi connectivity index (χ0v) is 19.7. The Morgan fingerprint density at radius 2 is 1.56 bits per heavy atom. The number of hydrogen-bond acceptors (Lipinski definition) is 4. The molecule has 0 aliphatic rings. The lowest BCUT2D eigenvalue weighted by molar-refractivity contribution is -0.113. The van der Waals surface area contributed by atoms with Crippen molar-refractivity contribution in [3.63, 3.8) is 0 Å². The second-order valence-electron chi connectivity index (χ2n) is 6.59. The fraction of sp³-hybridized carbons (Fsp3) is 0.0833. The van der Waals surface area contributed by atoms with Crippen molar-refractivity contribution in [3.05, 3.63) is 93.0 Å². The van der Waals surface area contributed by atoms with Crippen LogP contribution in [0.15, 0.2) is 76.9 Å². The smallest absolute Gasteiger partial charge is 0.272 e. The normalized spacial score (nSPS) is 10.9. The van der Waals surface area contributed by atoms with Gasteiger partial charge in [0.05, 0.1) is 14.2 Å². The highest BCUT2D eigenvalue weighted by molar-refractivity contribution is 9.10. The number of anilines is 1. The second-order valence-corrected chi connectivity index (χ2v) is 7.95. The Hall–Kier alpha value is -3.29. The third kappa shape index (κ3) is 6.12. The molecule has 0 aliphatic carbocycles. The molecule has 0 heterocycles. The summed E-state index contributed by atoms with van der Waals surface area (Å²) in [5, 5.41) is 5.98. The summed E-state index contributed by atoms with van der Waals surface area (Å²) in [6.45, 7) is 0. The van der Waals surface area contributed by atoms with Gasteiger partial charge in [0.25, 0.3) is 11.8 Å². The first-order chi connectivity index (χ1) is 15.4. The quantitative estimate of drug-likeness (QED) is 0.406. The van der Waals surface area contributed by atoms with E-state index in [-0.39, 0.29) is 5.70 Å². The van der Waals surface area contributed by atoms with Crippen molar-refractivity contribution < 1.29 is 19.1 Å². The van der Waals surface area contributed by atoms with Crippen molar-refractivity contribution in [2.45, 2.75) is 0 Å². The minimum atomic E-state index is -0.482. The monoisotopic (exact) mass is 514 g/mol. The Balaban J connectivity index is 1.93. The highest BCUT2D eigenvalue weighted by atomic mass is 79.9. The van der Waals surface area contributed by atoms with Crippen LogP contribution in [0.2, 0.25) is 5.02 Å². The molecule has 0 unspecified atom stereocenters. The van der Waals surface area contributed by atoms with Crippen LogP contribution >= 0.6 is 27.5 Å². The molecule has 3 aromatic rings. The average molecular weight is 516 g/mol. The van der Waals surface area contributed by atoms with Crippen molar-refractivity contribution >= 4 is 51.1 Å². The molecule has 2 N–H and O–H groups in total. The van der Waals surface area contributed by atoms with E-state index in [1.807, 2.05) is 0 Å². The van der Waals surface area contributed by atoms with E-state index in [0.29, 0.717) is 33.3 Å². The van der Waals surface area contributed by atoms with Crippen LogP contribution in [-0.2, 0) is 4.79 Å². The molecule has 3 aromatic carbocycles. The van der Waals surface area contributed by atoms with Crippen LogP contribution in [0.4, 0.5) is 5.69 Å². The number of ether oxygens (including phenoxy) is 2. The number of amides is 2. The summed E-state index contributed by atoms with van der Waals surface area (Å²) < 4.78 is 11.5. The lowest BCUT2D eigenvalue weighted by Gasteiger charge is -2.12. The summed E-state index contributed by atoms with van der Waals surface area (Å²) in [6.07, 6.45) is 1.56. The number of methoxy groups -OCH3 is 2. The van der Waals surface area contributed by atoms with Gasteiger partial charge in [0.15, 0.2) is 11.5 Å². The van der Waals surface area contributed by atoms with E-state index in [9.17, 15) is 9.59 Å². The predicted octanol–water partition coefficient (Wildman–Crippen LogP) is 5.53. The van der Waals surface area contributed by atoms with Gasteiger partial charge in [-0.3, -0.25) is 9.59 Å². The number of rotatable bonds is 7. The van der Waals surface area contributed by atoms with Gasteiger partial charge in [0, 0.05) is 20.7 Å². The molecule has 0 fully saturated rings. The number of hydrogen-bond donors (Lipinski definition) is 2. The Bertz CT molecular complexity index is 1150. The Labute approximate surface area is 199 Å². The highest BCUT2D eigenvalue weighted by Gasteiger charge is 2.16. The SMILES string of the molecule is COc1ccc(/C=C(/NC(=O)c2ccc(Cl)cc2)C(=O)Nc2ccc(Br)cc2)cc1OC. The van der Waals surface area contributed by atoms with Crippen LogP contribution in [0.5, 0.6) is 11.5 Å². The fourth-order valence-electron chi connectivity index (χ4n) is 2.80. The molecule has 6 nitrogen and oxygen atoms in total. The van der Waals surface area contributed by atoms with Gasteiger partial charge in [0.2, 0.25) is 0 Å². The highest BCUT2D eigenvalue weighted by Crippen LogP contribution is 2.28. The molecule has 0 saturated carbocycles. The maximum absolute atomic E-state index is 13.0. The number of halogens is 2. The van der Waals surface area contributed by atoms with Crippen molar-refractivity contribution in [2.75, 3.05) is 19.5 Å². The van der Waals surface area contributed by atoms with E-state index >= 15 is 0 Å². The number of carbonyl (C=O) groups excluding carboxylic acids is 2. The molecule has 0 aromatic heterocycles. The molecule has 0 bridgehead atoms. The first-order valence-electron chi connectivity index (χ1n) is 9.47. The van der Waals surface area contributed by atoms with E-state index in [4.69, 9.17) is 21.1 Å². The molecule has 32 heavy (non-hydrogen) atoms. The first-order valence-corrected chi connectivity index (χ1v) is 10.6. The zero-order valence-electron chi connectivity index (χ0n) is 17.3. The van der Waals surface area contributed by atoms with Crippen LogP contribution in [0.1, 0.15) is 15.9 Å². The number of carbonyl (C=O) groups is 2. The van der Waals surface area contributed by atoms with Crippen molar-refractivity contribution in [1.82, 2.24) is 5.32 Å². The summed E-state index contributed by atoms with van der Waals surface area (Å²) >= 11 is 9.26. The Morgan fingerprint density at radius 1 is 0.906 bits per heavy atom. The molecule has 0 saturated heterocycles. The summed E-state index contributed by atoms with van der Waals surface area (Å²) in [7, 11) is 3.06. The molecule has 0 spiro atoms. The zero-order chi connectivity index (χ0) is 23.1. The van der Waals surface area contributed by atoms with Crippen LogP contribution in [0.25, 0.3) is 6.08 Å². The third-order valence-electron chi connectivity index (χ3n) is 4.42. The molecule has 0 atom stereocenters. The lowest BCUT2D eigenvalue weighted by Crippen LogP contribution is -2.30. The van der Waals surface area contributed by atoms with Gasteiger partial charge in [-0.1, -0.05) is 33.6 Å². The van der Waals surface area contributed by atoms with Crippen molar-refractivity contribution in [2.24, 2.45) is 0 Å².